The van der Waals surface area contributed by atoms with Gasteiger partial charge in [-0.15, -0.1) is 0 Å². The minimum atomic E-state index is -0.00860. The molecule has 0 aliphatic carbocycles. The Kier molecular flexibility index (Phi) is 3.19. The molecule has 0 N–H and O–H groups in total. The number of benzene rings is 4. The van der Waals surface area contributed by atoms with E-state index in [9.17, 15) is 4.79 Å². The molecule has 0 aliphatic heterocycles. The van der Waals surface area contributed by atoms with E-state index in [1.165, 1.54) is 22.1 Å². The average molecular weight is 378 g/mol. The molecule has 0 fully saturated rings. The van der Waals surface area contributed by atoms with Gasteiger partial charge in [-0.05, 0) is 51.4 Å². The second-order valence-electron chi connectivity index (χ2n) is 6.87. The molecule has 0 saturated carbocycles. The van der Waals surface area contributed by atoms with E-state index in [0.717, 1.165) is 32.3 Å². The Labute approximate surface area is 163 Å². The molecule has 6 aromatic rings. The van der Waals surface area contributed by atoms with Crippen LogP contribution in [0.2, 0.25) is 0 Å². The van der Waals surface area contributed by atoms with Gasteiger partial charge in [-0.2, -0.15) is 0 Å². The lowest BCUT2D eigenvalue weighted by Gasteiger charge is -2.07. The summed E-state index contributed by atoms with van der Waals surface area (Å²) in [5.74, 6) is 0. The third-order valence-electron chi connectivity index (χ3n) is 5.23. The average Bonchev–Trinajstić information content (AvgIpc) is 3.24. The zero-order valence-corrected chi connectivity index (χ0v) is 15.6. The number of imidazole rings is 1. The zero-order chi connectivity index (χ0) is 18.7. The van der Waals surface area contributed by atoms with E-state index < -0.39 is 0 Å². The highest BCUT2D eigenvalue weighted by Crippen LogP contribution is 2.29. The van der Waals surface area contributed by atoms with Crippen molar-refractivity contribution in [2.75, 3.05) is 0 Å². The van der Waals surface area contributed by atoms with Crippen LogP contribution < -0.4 is 10.1 Å². The van der Waals surface area contributed by atoms with Crippen molar-refractivity contribution in [1.82, 2.24) is 9.38 Å². The molecule has 2 aromatic heterocycles. The number of fused-ring (bicyclic) bond motifs is 5. The van der Waals surface area contributed by atoms with Crippen molar-refractivity contribution in [3.8, 4) is 0 Å². The molecule has 0 unspecified atom stereocenters. The van der Waals surface area contributed by atoms with Crippen molar-refractivity contribution < 1.29 is 0 Å². The lowest BCUT2D eigenvalue weighted by molar-refractivity contribution is 1.19. The third kappa shape index (κ3) is 2.15. The minimum Gasteiger partial charge on any atom is -0.267 e. The first kappa shape index (κ1) is 15.5. The molecule has 2 heterocycles. The van der Waals surface area contributed by atoms with Crippen LogP contribution in [0, 0.1) is 0 Å². The first-order valence-corrected chi connectivity index (χ1v) is 9.93. The normalized spacial score (nSPS) is 12.6. The van der Waals surface area contributed by atoms with E-state index in [0.29, 0.717) is 4.53 Å². The molecule has 0 radical (unpaired) electrons. The Morgan fingerprint density at radius 1 is 0.821 bits per heavy atom. The molecule has 3 nitrogen and oxygen atoms in total. The van der Waals surface area contributed by atoms with E-state index in [4.69, 9.17) is 0 Å². The molecule has 4 heteroatoms. The second kappa shape index (κ2) is 5.75. The molecule has 0 amide bonds. The van der Waals surface area contributed by atoms with Crippen molar-refractivity contribution in [3.05, 3.63) is 99.3 Å². The van der Waals surface area contributed by atoms with Gasteiger partial charge in [0.25, 0.3) is 5.56 Å². The van der Waals surface area contributed by atoms with E-state index in [1.54, 1.807) is 4.40 Å². The second-order valence-corrected chi connectivity index (χ2v) is 7.88. The summed E-state index contributed by atoms with van der Waals surface area (Å²) in [4.78, 5) is 18.5. The van der Waals surface area contributed by atoms with Crippen molar-refractivity contribution in [2.45, 2.75) is 0 Å². The molecular weight excluding hydrogens is 364 g/mol. The molecule has 0 bridgehead atoms. The van der Waals surface area contributed by atoms with Crippen molar-refractivity contribution in [3.63, 3.8) is 0 Å². The van der Waals surface area contributed by atoms with Crippen LogP contribution in [0.1, 0.15) is 5.56 Å². The van der Waals surface area contributed by atoms with Gasteiger partial charge in [-0.25, -0.2) is 9.38 Å². The molecule has 0 atom stereocenters. The summed E-state index contributed by atoms with van der Waals surface area (Å²) >= 11 is 1.45. The molecule has 0 saturated heterocycles. The van der Waals surface area contributed by atoms with Gasteiger partial charge in [-0.3, -0.25) is 4.79 Å². The summed E-state index contributed by atoms with van der Waals surface area (Å²) in [6.07, 6.45) is 2.03. The monoisotopic (exact) mass is 378 g/mol. The highest BCUT2D eigenvalue weighted by Gasteiger charge is 2.12. The fourth-order valence-corrected chi connectivity index (χ4v) is 4.92. The Morgan fingerprint density at radius 3 is 2.21 bits per heavy atom. The summed E-state index contributed by atoms with van der Waals surface area (Å²) in [6.45, 7) is 0. The van der Waals surface area contributed by atoms with E-state index in [1.807, 2.05) is 54.6 Å². The molecular formula is C24H14N2OS. The molecule has 0 aliphatic rings. The van der Waals surface area contributed by atoms with Gasteiger partial charge in [0.1, 0.15) is 0 Å². The summed E-state index contributed by atoms with van der Waals surface area (Å²) in [7, 11) is 0. The molecule has 4 aromatic carbocycles. The number of nitrogens with zero attached hydrogens (tertiary/aromatic N) is 2. The van der Waals surface area contributed by atoms with Crippen molar-refractivity contribution in [2.24, 2.45) is 0 Å². The van der Waals surface area contributed by atoms with Gasteiger partial charge < -0.3 is 0 Å². The lowest BCUT2D eigenvalue weighted by Crippen LogP contribution is -2.22. The molecule has 132 valence electrons. The first-order valence-electron chi connectivity index (χ1n) is 9.12. The quantitative estimate of drug-likeness (QED) is 0.387. The Morgan fingerprint density at radius 2 is 1.46 bits per heavy atom. The number of hydrogen-bond acceptors (Lipinski definition) is 3. The number of rotatable bonds is 1. The number of aromatic nitrogens is 2. The first-order chi connectivity index (χ1) is 13.8. The van der Waals surface area contributed by atoms with E-state index >= 15 is 0 Å². The predicted octanol–water partition coefficient (Wildman–Crippen LogP) is 4.76. The third-order valence-corrected chi connectivity index (χ3v) is 6.20. The van der Waals surface area contributed by atoms with Crippen molar-refractivity contribution >= 4 is 55.0 Å². The topological polar surface area (TPSA) is 34.4 Å². The van der Waals surface area contributed by atoms with Crippen LogP contribution in [0.3, 0.4) is 0 Å². The molecule has 28 heavy (non-hydrogen) atoms. The van der Waals surface area contributed by atoms with Crippen LogP contribution in [0.4, 0.5) is 0 Å². The van der Waals surface area contributed by atoms with Crippen LogP contribution in [0.25, 0.3) is 43.6 Å². The zero-order valence-electron chi connectivity index (χ0n) is 14.8. The smallest absolute Gasteiger partial charge is 0.267 e. The number of thiazole rings is 1. The number of para-hydroxylation sites is 2. The standard InChI is InChI=1S/C24H14N2OS/c27-23-22(28-24-25-20-11-5-6-12-21(20)26(23)24)14-19-17-9-3-1-7-15(17)13-16-8-2-4-10-18(16)19/h1-14H/b22-14-. The molecule has 6 rings (SSSR count). The maximum atomic E-state index is 13.2. The minimum absolute atomic E-state index is 0.00860. The summed E-state index contributed by atoms with van der Waals surface area (Å²) in [5, 5.41) is 4.64. The maximum absolute atomic E-state index is 13.2. The highest BCUT2D eigenvalue weighted by atomic mass is 32.1. The fraction of sp³-hybridized carbons (Fsp3) is 0. The van der Waals surface area contributed by atoms with Gasteiger partial charge in [0.05, 0.1) is 15.6 Å². The van der Waals surface area contributed by atoms with E-state index in [2.05, 4.69) is 35.3 Å². The highest BCUT2D eigenvalue weighted by molar-refractivity contribution is 7.15. The van der Waals surface area contributed by atoms with Gasteiger partial charge >= 0.3 is 0 Å². The summed E-state index contributed by atoms with van der Waals surface area (Å²) in [6, 6.07) is 26.6. The van der Waals surface area contributed by atoms with Crippen LogP contribution in [-0.2, 0) is 0 Å². The maximum Gasteiger partial charge on any atom is 0.274 e. The van der Waals surface area contributed by atoms with Crippen LogP contribution in [0.15, 0.2) is 83.7 Å². The van der Waals surface area contributed by atoms with Gasteiger partial charge in [-0.1, -0.05) is 72.0 Å². The predicted molar refractivity (Wildman–Crippen MR) is 117 cm³/mol. The summed E-state index contributed by atoms with van der Waals surface area (Å²) in [5.41, 5.74) is 2.79. The number of hydrogen-bond donors (Lipinski definition) is 0. The Balaban J connectivity index is 1.76. The fourth-order valence-electron chi connectivity index (χ4n) is 3.95. The Hall–Kier alpha value is -3.50. The van der Waals surface area contributed by atoms with Gasteiger partial charge in [0.15, 0.2) is 4.96 Å². The lowest BCUT2D eigenvalue weighted by atomic mass is 9.97. The van der Waals surface area contributed by atoms with Crippen LogP contribution in [-0.4, -0.2) is 9.38 Å². The Bertz CT molecular complexity index is 1590. The summed E-state index contributed by atoms with van der Waals surface area (Å²) < 4.78 is 2.42. The van der Waals surface area contributed by atoms with Crippen LogP contribution >= 0.6 is 11.3 Å². The van der Waals surface area contributed by atoms with Crippen LogP contribution in [0.5, 0.6) is 0 Å². The van der Waals surface area contributed by atoms with Crippen molar-refractivity contribution in [1.29, 1.82) is 0 Å². The van der Waals surface area contributed by atoms with Gasteiger partial charge in [0.2, 0.25) is 0 Å². The van der Waals surface area contributed by atoms with Gasteiger partial charge in [0, 0.05) is 0 Å². The SMILES string of the molecule is O=c1/c(=C/c2c3ccccc3cc3ccccc23)sc2nc3ccccc3n12. The largest absolute Gasteiger partial charge is 0.274 e. The van der Waals surface area contributed by atoms with E-state index in [-0.39, 0.29) is 5.56 Å². The molecule has 0 spiro atoms.